The van der Waals surface area contributed by atoms with Crippen LogP contribution in [-0.4, -0.2) is 11.6 Å². The first-order valence-corrected chi connectivity index (χ1v) is 4.28. The van der Waals surface area contributed by atoms with E-state index in [1.54, 1.807) is 0 Å². The first-order chi connectivity index (χ1) is 5.06. The van der Waals surface area contributed by atoms with Gasteiger partial charge in [-0.1, -0.05) is 13.3 Å². The Morgan fingerprint density at radius 3 is 2.64 bits per heavy atom. The van der Waals surface area contributed by atoms with Crippen LogP contribution in [0.25, 0.3) is 0 Å². The van der Waals surface area contributed by atoms with E-state index < -0.39 is 0 Å². The van der Waals surface area contributed by atoms with Crippen LogP contribution in [0.4, 0.5) is 0 Å². The molecule has 0 spiro atoms. The van der Waals surface area contributed by atoms with Gasteiger partial charge in [0.25, 0.3) is 0 Å². The van der Waals surface area contributed by atoms with E-state index in [9.17, 15) is 4.79 Å². The van der Waals surface area contributed by atoms with E-state index in [0.717, 1.165) is 12.8 Å². The van der Waals surface area contributed by atoms with E-state index in [1.807, 2.05) is 13.8 Å². The van der Waals surface area contributed by atoms with Gasteiger partial charge in [-0.2, -0.15) is 0 Å². The van der Waals surface area contributed by atoms with Crippen molar-refractivity contribution in [2.75, 3.05) is 0 Å². The molecular formula is C9H16O2. The Morgan fingerprint density at radius 2 is 2.27 bits per heavy atom. The van der Waals surface area contributed by atoms with Crippen molar-refractivity contribution < 1.29 is 9.53 Å². The summed E-state index contributed by atoms with van der Waals surface area (Å²) in [4.78, 5) is 10.9. The molecule has 1 fully saturated rings. The number of hydrogen-bond donors (Lipinski definition) is 0. The molecule has 0 aliphatic carbocycles. The lowest BCUT2D eigenvalue weighted by atomic mass is 9.87. The van der Waals surface area contributed by atoms with Crippen LogP contribution >= 0.6 is 0 Å². The molecule has 1 heterocycles. The Kier molecular flexibility index (Phi) is 2.21. The Labute approximate surface area is 67.9 Å². The van der Waals surface area contributed by atoms with Crippen LogP contribution < -0.4 is 0 Å². The van der Waals surface area contributed by atoms with Crippen molar-refractivity contribution in [1.82, 2.24) is 0 Å². The van der Waals surface area contributed by atoms with E-state index in [2.05, 4.69) is 6.92 Å². The van der Waals surface area contributed by atoms with Crippen molar-refractivity contribution in [3.05, 3.63) is 0 Å². The van der Waals surface area contributed by atoms with Gasteiger partial charge in [-0.15, -0.1) is 0 Å². The average Bonchev–Trinajstić information content (AvgIpc) is 2.07. The highest BCUT2D eigenvalue weighted by molar-refractivity contribution is 5.72. The topological polar surface area (TPSA) is 26.3 Å². The molecular weight excluding hydrogens is 140 g/mol. The van der Waals surface area contributed by atoms with Crippen LogP contribution in [0.3, 0.4) is 0 Å². The van der Waals surface area contributed by atoms with Crippen LogP contribution in [0.15, 0.2) is 0 Å². The molecule has 0 amide bonds. The van der Waals surface area contributed by atoms with Crippen molar-refractivity contribution in [1.29, 1.82) is 0 Å². The van der Waals surface area contributed by atoms with Gasteiger partial charge in [0.05, 0.1) is 6.42 Å². The number of ether oxygens (including phenoxy) is 1. The van der Waals surface area contributed by atoms with E-state index in [4.69, 9.17) is 4.74 Å². The van der Waals surface area contributed by atoms with Gasteiger partial charge in [0.2, 0.25) is 0 Å². The SMILES string of the molecule is CCCC1CC(=O)OC1(C)C. The maximum atomic E-state index is 10.9. The lowest BCUT2D eigenvalue weighted by molar-refractivity contribution is -0.146. The molecule has 1 aliphatic heterocycles. The molecule has 2 heteroatoms. The fourth-order valence-corrected chi connectivity index (χ4v) is 1.66. The number of carbonyl (C=O) groups is 1. The lowest BCUT2D eigenvalue weighted by Gasteiger charge is -2.23. The second kappa shape index (κ2) is 2.84. The van der Waals surface area contributed by atoms with E-state index in [1.165, 1.54) is 0 Å². The second-order valence-electron chi connectivity index (χ2n) is 3.77. The second-order valence-corrected chi connectivity index (χ2v) is 3.77. The Morgan fingerprint density at radius 1 is 1.64 bits per heavy atom. The summed E-state index contributed by atoms with van der Waals surface area (Å²) < 4.78 is 5.17. The monoisotopic (exact) mass is 156 g/mol. The van der Waals surface area contributed by atoms with Crippen molar-refractivity contribution >= 4 is 5.97 Å². The first kappa shape index (κ1) is 8.57. The Balaban J connectivity index is 2.58. The van der Waals surface area contributed by atoms with Crippen LogP contribution in [0.1, 0.15) is 40.0 Å². The summed E-state index contributed by atoms with van der Waals surface area (Å²) in [7, 11) is 0. The standard InChI is InChI=1S/C9H16O2/c1-4-5-7-6-8(10)11-9(7,2)3/h7H,4-6H2,1-3H3. The molecule has 0 radical (unpaired) electrons. The first-order valence-electron chi connectivity index (χ1n) is 4.28. The highest BCUT2D eigenvalue weighted by Crippen LogP contribution is 2.35. The third kappa shape index (κ3) is 1.73. The third-order valence-electron chi connectivity index (χ3n) is 2.41. The molecule has 1 saturated heterocycles. The molecule has 1 atom stereocenters. The van der Waals surface area contributed by atoms with Gasteiger partial charge in [-0.3, -0.25) is 4.79 Å². The van der Waals surface area contributed by atoms with Crippen LogP contribution in [0, 0.1) is 5.92 Å². The van der Waals surface area contributed by atoms with Crippen LogP contribution in [-0.2, 0) is 9.53 Å². The molecule has 11 heavy (non-hydrogen) atoms. The van der Waals surface area contributed by atoms with Crippen molar-refractivity contribution in [2.24, 2.45) is 5.92 Å². The average molecular weight is 156 g/mol. The number of hydrogen-bond acceptors (Lipinski definition) is 2. The maximum Gasteiger partial charge on any atom is 0.306 e. The molecule has 64 valence electrons. The normalized spacial score (nSPS) is 28.6. The largest absolute Gasteiger partial charge is 0.459 e. The zero-order valence-electron chi connectivity index (χ0n) is 7.52. The predicted molar refractivity (Wildman–Crippen MR) is 43.2 cm³/mol. The minimum atomic E-state index is -0.215. The lowest BCUT2D eigenvalue weighted by Crippen LogP contribution is -2.27. The fraction of sp³-hybridized carbons (Fsp3) is 0.889. The number of cyclic esters (lactones) is 1. The fourth-order valence-electron chi connectivity index (χ4n) is 1.66. The summed E-state index contributed by atoms with van der Waals surface area (Å²) in [5, 5.41) is 0. The molecule has 0 N–H and O–H groups in total. The molecule has 0 bridgehead atoms. The van der Waals surface area contributed by atoms with Gasteiger partial charge in [-0.25, -0.2) is 0 Å². The summed E-state index contributed by atoms with van der Waals surface area (Å²) in [6.45, 7) is 6.13. The van der Waals surface area contributed by atoms with Gasteiger partial charge in [0.1, 0.15) is 5.60 Å². The Bertz CT molecular complexity index is 161. The van der Waals surface area contributed by atoms with Gasteiger partial charge < -0.3 is 4.74 Å². The molecule has 0 aromatic carbocycles. The van der Waals surface area contributed by atoms with Crippen molar-refractivity contribution in [3.8, 4) is 0 Å². The minimum absolute atomic E-state index is 0.0338. The van der Waals surface area contributed by atoms with Crippen molar-refractivity contribution in [3.63, 3.8) is 0 Å². The molecule has 0 saturated carbocycles. The summed E-state index contributed by atoms with van der Waals surface area (Å²) in [6.07, 6.45) is 2.84. The summed E-state index contributed by atoms with van der Waals surface area (Å²) in [5.41, 5.74) is -0.215. The molecule has 1 unspecified atom stereocenters. The molecule has 1 aliphatic rings. The highest BCUT2D eigenvalue weighted by Gasteiger charge is 2.40. The molecule has 1 rings (SSSR count). The minimum Gasteiger partial charge on any atom is -0.459 e. The van der Waals surface area contributed by atoms with E-state index in [0.29, 0.717) is 12.3 Å². The number of esters is 1. The van der Waals surface area contributed by atoms with E-state index in [-0.39, 0.29) is 11.6 Å². The van der Waals surface area contributed by atoms with Crippen molar-refractivity contribution in [2.45, 2.75) is 45.6 Å². The van der Waals surface area contributed by atoms with Gasteiger partial charge in [-0.05, 0) is 20.3 Å². The predicted octanol–water partition coefficient (Wildman–Crippen LogP) is 2.13. The maximum absolute atomic E-state index is 10.9. The van der Waals surface area contributed by atoms with Gasteiger partial charge in [0.15, 0.2) is 0 Å². The summed E-state index contributed by atoms with van der Waals surface area (Å²) >= 11 is 0. The smallest absolute Gasteiger partial charge is 0.306 e. The van der Waals surface area contributed by atoms with E-state index >= 15 is 0 Å². The molecule has 0 aromatic rings. The third-order valence-corrected chi connectivity index (χ3v) is 2.41. The zero-order chi connectivity index (χ0) is 8.48. The summed E-state index contributed by atoms with van der Waals surface area (Å²) in [5.74, 6) is 0.397. The highest BCUT2D eigenvalue weighted by atomic mass is 16.6. The quantitative estimate of drug-likeness (QED) is 0.572. The molecule has 2 nitrogen and oxygen atoms in total. The molecule has 0 aromatic heterocycles. The van der Waals surface area contributed by atoms with Gasteiger partial charge >= 0.3 is 5.97 Å². The number of rotatable bonds is 2. The van der Waals surface area contributed by atoms with Crippen LogP contribution in [0.2, 0.25) is 0 Å². The summed E-state index contributed by atoms with van der Waals surface area (Å²) in [6, 6.07) is 0. The van der Waals surface area contributed by atoms with Crippen LogP contribution in [0.5, 0.6) is 0 Å². The number of carbonyl (C=O) groups excluding carboxylic acids is 1. The van der Waals surface area contributed by atoms with Gasteiger partial charge in [0, 0.05) is 5.92 Å². The zero-order valence-corrected chi connectivity index (χ0v) is 7.52. The Hall–Kier alpha value is -0.530.